The van der Waals surface area contributed by atoms with Gasteiger partial charge in [-0.25, -0.2) is 9.59 Å². The van der Waals surface area contributed by atoms with Crippen molar-refractivity contribution in [2.45, 2.75) is 39.7 Å². The number of ether oxygens (including phenoxy) is 1. The summed E-state index contributed by atoms with van der Waals surface area (Å²) in [6, 6.07) is -1.17. The molecule has 0 saturated heterocycles. The standard InChI is InChI=1S/C13H26N2O4/c1-5-6-11(12(16)17)14-13(18)15(7-8-19-4)9-10(2)3/h10-11H,5-9H2,1-4H3,(H,14,18)(H,16,17)/t11-/m0/s1. The van der Waals surface area contributed by atoms with E-state index < -0.39 is 12.0 Å². The third-order valence-corrected chi connectivity index (χ3v) is 2.61. The lowest BCUT2D eigenvalue weighted by Crippen LogP contribution is -2.49. The van der Waals surface area contributed by atoms with E-state index in [4.69, 9.17) is 9.84 Å². The van der Waals surface area contributed by atoms with Gasteiger partial charge in [-0.3, -0.25) is 0 Å². The molecule has 0 aliphatic carbocycles. The quantitative estimate of drug-likeness (QED) is 0.668. The number of aliphatic carboxylic acids is 1. The maximum Gasteiger partial charge on any atom is 0.326 e. The van der Waals surface area contributed by atoms with Crippen LogP contribution in [0.3, 0.4) is 0 Å². The lowest BCUT2D eigenvalue weighted by Gasteiger charge is -2.26. The lowest BCUT2D eigenvalue weighted by molar-refractivity contribution is -0.139. The van der Waals surface area contributed by atoms with E-state index in [1.54, 1.807) is 12.0 Å². The summed E-state index contributed by atoms with van der Waals surface area (Å²) in [5, 5.41) is 11.6. The average molecular weight is 274 g/mol. The van der Waals surface area contributed by atoms with Crippen LogP contribution < -0.4 is 5.32 Å². The zero-order valence-corrected chi connectivity index (χ0v) is 12.3. The molecule has 112 valence electrons. The van der Waals surface area contributed by atoms with E-state index >= 15 is 0 Å². The van der Waals surface area contributed by atoms with Gasteiger partial charge in [0.15, 0.2) is 0 Å². The minimum absolute atomic E-state index is 0.317. The summed E-state index contributed by atoms with van der Waals surface area (Å²) in [6.45, 7) is 7.37. The van der Waals surface area contributed by atoms with E-state index in [2.05, 4.69) is 5.32 Å². The maximum absolute atomic E-state index is 12.1. The molecule has 6 nitrogen and oxygen atoms in total. The van der Waals surface area contributed by atoms with Gasteiger partial charge in [0.25, 0.3) is 0 Å². The predicted octanol–water partition coefficient (Wildman–Crippen LogP) is 1.55. The molecule has 19 heavy (non-hydrogen) atoms. The number of carbonyl (C=O) groups is 2. The molecule has 6 heteroatoms. The Labute approximate surface area is 115 Å². The van der Waals surface area contributed by atoms with Crippen LogP contribution in [0, 0.1) is 5.92 Å². The average Bonchev–Trinajstić information content (AvgIpc) is 2.33. The molecular formula is C13H26N2O4. The largest absolute Gasteiger partial charge is 0.480 e. The minimum Gasteiger partial charge on any atom is -0.480 e. The summed E-state index contributed by atoms with van der Waals surface area (Å²) in [7, 11) is 1.57. The Kier molecular flexibility index (Phi) is 8.95. The minimum atomic E-state index is -0.994. The van der Waals surface area contributed by atoms with Crippen LogP contribution in [-0.2, 0) is 9.53 Å². The Bertz CT molecular complexity index is 282. The Balaban J connectivity index is 4.54. The predicted molar refractivity (Wildman–Crippen MR) is 73.2 cm³/mol. The second-order valence-corrected chi connectivity index (χ2v) is 4.96. The molecule has 0 aromatic rings. The van der Waals surface area contributed by atoms with Crippen LogP contribution >= 0.6 is 0 Å². The van der Waals surface area contributed by atoms with Crippen molar-refractivity contribution >= 4 is 12.0 Å². The highest BCUT2D eigenvalue weighted by Crippen LogP contribution is 2.02. The number of nitrogens with one attached hydrogen (secondary N) is 1. The highest BCUT2D eigenvalue weighted by molar-refractivity contribution is 5.82. The molecule has 2 N–H and O–H groups in total. The number of hydrogen-bond acceptors (Lipinski definition) is 3. The number of amides is 2. The van der Waals surface area contributed by atoms with Gasteiger partial charge in [0.05, 0.1) is 6.61 Å². The van der Waals surface area contributed by atoms with Crippen molar-refractivity contribution in [2.75, 3.05) is 26.8 Å². The van der Waals surface area contributed by atoms with Gasteiger partial charge in [0, 0.05) is 20.2 Å². The third-order valence-electron chi connectivity index (χ3n) is 2.61. The maximum atomic E-state index is 12.1. The summed E-state index contributed by atoms with van der Waals surface area (Å²) in [6.07, 6.45) is 1.14. The summed E-state index contributed by atoms with van der Waals surface area (Å²) >= 11 is 0. The van der Waals surface area contributed by atoms with Crippen LogP contribution in [0.1, 0.15) is 33.6 Å². The molecule has 2 amide bonds. The number of methoxy groups -OCH3 is 1. The van der Waals surface area contributed by atoms with Gasteiger partial charge in [-0.15, -0.1) is 0 Å². The summed E-state index contributed by atoms with van der Waals surface area (Å²) in [5.41, 5.74) is 0. The fourth-order valence-electron chi connectivity index (χ4n) is 1.70. The van der Waals surface area contributed by atoms with Crippen molar-refractivity contribution < 1.29 is 19.4 Å². The van der Waals surface area contributed by atoms with E-state index in [-0.39, 0.29) is 6.03 Å². The normalized spacial score (nSPS) is 12.3. The molecule has 0 spiro atoms. The first-order valence-electron chi connectivity index (χ1n) is 6.69. The molecule has 0 aliphatic heterocycles. The van der Waals surface area contributed by atoms with E-state index in [0.29, 0.717) is 38.5 Å². The van der Waals surface area contributed by atoms with Crippen molar-refractivity contribution in [1.29, 1.82) is 0 Å². The number of carboxylic acid groups (broad SMARTS) is 1. The van der Waals surface area contributed by atoms with Crippen LogP contribution in [-0.4, -0.2) is 54.9 Å². The van der Waals surface area contributed by atoms with Crippen LogP contribution in [0.2, 0.25) is 0 Å². The van der Waals surface area contributed by atoms with Crippen molar-refractivity contribution in [1.82, 2.24) is 10.2 Å². The molecular weight excluding hydrogens is 248 g/mol. The number of urea groups is 1. The van der Waals surface area contributed by atoms with Gasteiger partial charge in [0.2, 0.25) is 0 Å². The second kappa shape index (κ2) is 9.61. The molecule has 0 aromatic carbocycles. The van der Waals surface area contributed by atoms with Gasteiger partial charge in [-0.05, 0) is 12.3 Å². The molecule has 1 atom stereocenters. The molecule has 0 saturated carbocycles. The SMILES string of the molecule is CCC[C@H](NC(=O)N(CCOC)CC(C)C)C(=O)O. The van der Waals surface area contributed by atoms with E-state index in [9.17, 15) is 9.59 Å². The third kappa shape index (κ3) is 7.66. The molecule has 0 radical (unpaired) electrons. The Hall–Kier alpha value is -1.30. The topological polar surface area (TPSA) is 78.9 Å². The van der Waals surface area contributed by atoms with Crippen LogP contribution in [0.25, 0.3) is 0 Å². The Morgan fingerprint density at radius 3 is 2.42 bits per heavy atom. The molecule has 0 heterocycles. The molecule has 0 bridgehead atoms. The first kappa shape index (κ1) is 17.7. The van der Waals surface area contributed by atoms with Gasteiger partial charge in [0.1, 0.15) is 6.04 Å². The molecule has 0 aromatic heterocycles. The van der Waals surface area contributed by atoms with Gasteiger partial charge in [-0.1, -0.05) is 27.2 Å². The Morgan fingerprint density at radius 2 is 2.00 bits per heavy atom. The van der Waals surface area contributed by atoms with Gasteiger partial charge in [-0.2, -0.15) is 0 Å². The van der Waals surface area contributed by atoms with E-state index in [1.807, 2.05) is 20.8 Å². The van der Waals surface area contributed by atoms with Crippen LogP contribution in [0.4, 0.5) is 4.79 Å². The van der Waals surface area contributed by atoms with Crippen molar-refractivity contribution in [3.05, 3.63) is 0 Å². The lowest BCUT2D eigenvalue weighted by atomic mass is 10.1. The smallest absolute Gasteiger partial charge is 0.326 e. The van der Waals surface area contributed by atoms with Gasteiger partial charge >= 0.3 is 12.0 Å². The van der Waals surface area contributed by atoms with E-state index in [1.165, 1.54) is 0 Å². The van der Waals surface area contributed by atoms with Crippen molar-refractivity contribution in [3.63, 3.8) is 0 Å². The number of carbonyl (C=O) groups excluding carboxylic acids is 1. The molecule has 0 fully saturated rings. The summed E-state index contributed by atoms with van der Waals surface area (Å²) in [4.78, 5) is 24.7. The van der Waals surface area contributed by atoms with Crippen molar-refractivity contribution in [2.24, 2.45) is 5.92 Å². The van der Waals surface area contributed by atoms with Crippen LogP contribution in [0.15, 0.2) is 0 Å². The Morgan fingerprint density at radius 1 is 1.37 bits per heavy atom. The summed E-state index contributed by atoms with van der Waals surface area (Å²) in [5.74, 6) is -0.677. The van der Waals surface area contributed by atoms with Crippen molar-refractivity contribution in [3.8, 4) is 0 Å². The highest BCUT2D eigenvalue weighted by Gasteiger charge is 2.22. The molecule has 0 aliphatic rings. The zero-order chi connectivity index (χ0) is 14.8. The second-order valence-electron chi connectivity index (χ2n) is 4.96. The number of rotatable bonds is 9. The number of nitrogens with zero attached hydrogens (tertiary/aromatic N) is 1. The molecule has 0 rings (SSSR count). The first-order chi connectivity index (χ1) is 8.92. The highest BCUT2D eigenvalue weighted by atomic mass is 16.5. The first-order valence-corrected chi connectivity index (χ1v) is 6.69. The fourth-order valence-corrected chi connectivity index (χ4v) is 1.70. The summed E-state index contributed by atoms with van der Waals surface area (Å²) < 4.78 is 4.97. The molecule has 0 unspecified atom stereocenters. The number of carboxylic acids is 1. The van der Waals surface area contributed by atoms with Crippen LogP contribution in [0.5, 0.6) is 0 Å². The van der Waals surface area contributed by atoms with E-state index in [0.717, 1.165) is 0 Å². The zero-order valence-electron chi connectivity index (χ0n) is 12.3. The van der Waals surface area contributed by atoms with Gasteiger partial charge < -0.3 is 20.1 Å². The fraction of sp³-hybridized carbons (Fsp3) is 0.846. The number of hydrogen-bond donors (Lipinski definition) is 2. The monoisotopic (exact) mass is 274 g/mol.